The van der Waals surface area contributed by atoms with Gasteiger partial charge in [-0.05, 0) is 25.0 Å². The number of rotatable bonds is 2. The summed E-state index contributed by atoms with van der Waals surface area (Å²) in [5, 5.41) is 7.55. The number of aromatic nitrogens is 3. The first-order valence-corrected chi connectivity index (χ1v) is 6.10. The zero-order valence-electron chi connectivity index (χ0n) is 9.56. The highest BCUT2D eigenvalue weighted by Crippen LogP contribution is 2.20. The average molecular weight is 234 g/mol. The second-order valence-corrected chi connectivity index (χ2v) is 4.56. The second kappa shape index (κ2) is 4.31. The molecule has 0 bridgehead atoms. The molecule has 0 saturated heterocycles. The van der Waals surface area contributed by atoms with Gasteiger partial charge in [0.05, 0.1) is 6.20 Å². The number of nitrogens with zero attached hydrogens (tertiary/aromatic N) is 3. The molecule has 4 nitrogen and oxygen atoms in total. The predicted molar refractivity (Wildman–Crippen MR) is 63.4 cm³/mol. The Bertz CT molecular complexity index is 516. The van der Waals surface area contributed by atoms with E-state index < -0.39 is 0 Å². The van der Waals surface area contributed by atoms with Gasteiger partial charge in [-0.2, -0.15) is 4.98 Å². The maximum absolute atomic E-state index is 13.0. The fourth-order valence-corrected chi connectivity index (χ4v) is 2.35. The van der Waals surface area contributed by atoms with Gasteiger partial charge in [0.25, 0.3) is 0 Å². The molecule has 1 saturated carbocycles. The SMILES string of the molecule is Fc1ccc2nc(NC3CCCCC3)nn2c1. The summed E-state index contributed by atoms with van der Waals surface area (Å²) in [5.74, 6) is 0.300. The van der Waals surface area contributed by atoms with Crippen molar-refractivity contribution in [1.29, 1.82) is 0 Å². The topological polar surface area (TPSA) is 42.2 Å². The summed E-state index contributed by atoms with van der Waals surface area (Å²) < 4.78 is 14.5. The molecule has 1 aliphatic rings. The third-order valence-corrected chi connectivity index (χ3v) is 3.23. The summed E-state index contributed by atoms with van der Waals surface area (Å²) in [6, 6.07) is 3.49. The monoisotopic (exact) mass is 234 g/mol. The largest absolute Gasteiger partial charge is 0.350 e. The van der Waals surface area contributed by atoms with Gasteiger partial charge < -0.3 is 5.32 Å². The fourth-order valence-electron chi connectivity index (χ4n) is 2.35. The first-order chi connectivity index (χ1) is 8.31. The van der Waals surface area contributed by atoms with Gasteiger partial charge >= 0.3 is 0 Å². The molecule has 1 N–H and O–H groups in total. The van der Waals surface area contributed by atoms with Crippen LogP contribution in [-0.4, -0.2) is 20.6 Å². The van der Waals surface area contributed by atoms with E-state index in [9.17, 15) is 4.39 Å². The van der Waals surface area contributed by atoms with Crippen molar-refractivity contribution in [2.75, 3.05) is 5.32 Å². The van der Waals surface area contributed by atoms with Gasteiger partial charge in [-0.1, -0.05) is 19.3 Å². The number of hydrogen-bond donors (Lipinski definition) is 1. The maximum atomic E-state index is 13.0. The summed E-state index contributed by atoms with van der Waals surface area (Å²) >= 11 is 0. The molecule has 1 fully saturated rings. The molecule has 90 valence electrons. The van der Waals surface area contributed by atoms with Crippen LogP contribution in [0.15, 0.2) is 18.3 Å². The van der Waals surface area contributed by atoms with Crippen LogP contribution >= 0.6 is 0 Å². The van der Waals surface area contributed by atoms with Crippen molar-refractivity contribution in [3.05, 3.63) is 24.1 Å². The number of nitrogens with one attached hydrogen (secondary N) is 1. The molecule has 0 spiro atoms. The molecule has 1 aliphatic carbocycles. The minimum absolute atomic E-state index is 0.299. The van der Waals surface area contributed by atoms with Crippen LogP contribution in [0.25, 0.3) is 5.65 Å². The van der Waals surface area contributed by atoms with Crippen LogP contribution in [0.1, 0.15) is 32.1 Å². The van der Waals surface area contributed by atoms with Crippen molar-refractivity contribution in [1.82, 2.24) is 14.6 Å². The molecule has 2 heterocycles. The molecule has 0 radical (unpaired) electrons. The maximum Gasteiger partial charge on any atom is 0.243 e. The Morgan fingerprint density at radius 3 is 2.88 bits per heavy atom. The summed E-state index contributed by atoms with van der Waals surface area (Å²) in [5.41, 5.74) is 0.671. The van der Waals surface area contributed by atoms with E-state index in [0.29, 0.717) is 17.6 Å². The molecule has 3 rings (SSSR count). The van der Waals surface area contributed by atoms with Crippen molar-refractivity contribution in [3.63, 3.8) is 0 Å². The van der Waals surface area contributed by atoms with Gasteiger partial charge in [0.15, 0.2) is 5.65 Å². The minimum Gasteiger partial charge on any atom is -0.350 e. The van der Waals surface area contributed by atoms with Crippen LogP contribution < -0.4 is 5.32 Å². The molecule has 0 aromatic carbocycles. The first-order valence-electron chi connectivity index (χ1n) is 6.10. The predicted octanol–water partition coefficient (Wildman–Crippen LogP) is 2.61. The van der Waals surface area contributed by atoms with Crippen LogP contribution in [0, 0.1) is 5.82 Å². The molecule has 2 aromatic heterocycles. The number of halogens is 1. The summed E-state index contributed by atoms with van der Waals surface area (Å²) in [6.45, 7) is 0. The van der Waals surface area contributed by atoms with Crippen LogP contribution in [0.5, 0.6) is 0 Å². The Morgan fingerprint density at radius 2 is 2.06 bits per heavy atom. The third-order valence-electron chi connectivity index (χ3n) is 3.23. The summed E-state index contributed by atoms with van der Waals surface area (Å²) in [6.07, 6.45) is 7.53. The second-order valence-electron chi connectivity index (χ2n) is 4.56. The zero-order chi connectivity index (χ0) is 11.7. The number of fused-ring (bicyclic) bond motifs is 1. The lowest BCUT2D eigenvalue weighted by Crippen LogP contribution is -2.22. The molecular weight excluding hydrogens is 219 g/mol. The lowest BCUT2D eigenvalue weighted by Gasteiger charge is -2.21. The van der Waals surface area contributed by atoms with Crippen molar-refractivity contribution in [2.24, 2.45) is 0 Å². The molecule has 2 aromatic rings. The molecule has 0 atom stereocenters. The van der Waals surface area contributed by atoms with Crippen molar-refractivity contribution >= 4 is 11.6 Å². The average Bonchev–Trinajstić information content (AvgIpc) is 2.71. The van der Waals surface area contributed by atoms with Gasteiger partial charge in [0.1, 0.15) is 5.82 Å². The van der Waals surface area contributed by atoms with Gasteiger partial charge in [-0.3, -0.25) is 0 Å². The molecule has 5 heteroatoms. The quantitative estimate of drug-likeness (QED) is 0.868. The van der Waals surface area contributed by atoms with E-state index in [1.165, 1.54) is 48.9 Å². The highest BCUT2D eigenvalue weighted by atomic mass is 19.1. The van der Waals surface area contributed by atoms with E-state index >= 15 is 0 Å². The highest BCUT2D eigenvalue weighted by molar-refractivity contribution is 5.43. The van der Waals surface area contributed by atoms with Crippen LogP contribution in [-0.2, 0) is 0 Å². The Morgan fingerprint density at radius 1 is 1.24 bits per heavy atom. The zero-order valence-corrected chi connectivity index (χ0v) is 9.56. The molecule has 0 aliphatic heterocycles. The van der Waals surface area contributed by atoms with Gasteiger partial charge in [0.2, 0.25) is 5.95 Å². The summed E-state index contributed by atoms with van der Waals surface area (Å²) in [4.78, 5) is 4.32. The Labute approximate surface area is 98.9 Å². The molecular formula is C12H15FN4. The summed E-state index contributed by atoms with van der Waals surface area (Å²) in [7, 11) is 0. The molecule has 17 heavy (non-hydrogen) atoms. The van der Waals surface area contributed by atoms with E-state index in [2.05, 4.69) is 15.4 Å². The smallest absolute Gasteiger partial charge is 0.243 e. The number of anilines is 1. The number of pyridine rings is 1. The molecule has 0 amide bonds. The van der Waals surface area contributed by atoms with E-state index in [4.69, 9.17) is 0 Å². The highest BCUT2D eigenvalue weighted by Gasteiger charge is 2.15. The van der Waals surface area contributed by atoms with Gasteiger partial charge in [-0.25, -0.2) is 8.91 Å². The van der Waals surface area contributed by atoms with E-state index in [1.807, 2.05) is 0 Å². The van der Waals surface area contributed by atoms with Crippen molar-refractivity contribution < 1.29 is 4.39 Å². The van der Waals surface area contributed by atoms with Crippen LogP contribution in [0.4, 0.5) is 10.3 Å². The van der Waals surface area contributed by atoms with E-state index in [1.54, 1.807) is 6.07 Å². The van der Waals surface area contributed by atoms with Crippen molar-refractivity contribution in [3.8, 4) is 0 Å². The van der Waals surface area contributed by atoms with E-state index in [-0.39, 0.29) is 5.82 Å². The van der Waals surface area contributed by atoms with E-state index in [0.717, 1.165) is 0 Å². The third kappa shape index (κ3) is 2.23. The van der Waals surface area contributed by atoms with Crippen LogP contribution in [0.2, 0.25) is 0 Å². The van der Waals surface area contributed by atoms with Gasteiger partial charge in [-0.15, -0.1) is 5.10 Å². The normalized spacial score (nSPS) is 17.5. The Kier molecular flexibility index (Phi) is 2.66. The lowest BCUT2D eigenvalue weighted by molar-refractivity contribution is 0.461. The Balaban J connectivity index is 1.80. The first kappa shape index (κ1) is 10.5. The minimum atomic E-state index is -0.299. The lowest BCUT2D eigenvalue weighted by atomic mass is 9.96. The molecule has 0 unspecified atom stereocenters. The Hall–Kier alpha value is -1.65. The van der Waals surface area contributed by atoms with Crippen LogP contribution in [0.3, 0.4) is 0 Å². The van der Waals surface area contributed by atoms with Crippen molar-refractivity contribution in [2.45, 2.75) is 38.1 Å². The van der Waals surface area contributed by atoms with Gasteiger partial charge in [0, 0.05) is 6.04 Å². The standard InChI is InChI=1S/C12H15FN4/c13-9-6-7-11-15-12(16-17(11)8-9)14-10-4-2-1-3-5-10/h6-8,10H,1-5H2,(H,14,16). The fraction of sp³-hybridized carbons (Fsp3) is 0.500. The number of hydrogen-bond acceptors (Lipinski definition) is 3.